The van der Waals surface area contributed by atoms with Gasteiger partial charge in [0, 0.05) is 14.2 Å². The number of carbonyl (C=O) groups is 2. The zero-order valence-corrected chi connectivity index (χ0v) is 37.4. The molecule has 6 aliphatic rings. The summed E-state index contributed by atoms with van der Waals surface area (Å²) in [6.45, 7) is 19.0. The number of methoxy groups -OCH3 is 2. The van der Waals surface area contributed by atoms with E-state index in [-0.39, 0.29) is 54.1 Å². The number of ether oxygens (including phenoxy) is 4. The van der Waals surface area contributed by atoms with Crippen molar-refractivity contribution in [3.05, 3.63) is 0 Å². The molecule has 6 aliphatic carbocycles. The highest BCUT2D eigenvalue weighted by Gasteiger charge is 2.61. The average Bonchev–Trinajstić information content (AvgIpc) is 3.17. The van der Waals surface area contributed by atoms with Crippen molar-refractivity contribution in [2.24, 2.45) is 80.8 Å². The maximum atomic E-state index is 13.3. The minimum absolute atomic E-state index is 0.0131. The Bertz CT molecular complexity index is 1290. The second kappa shape index (κ2) is 19.0. The predicted octanol–water partition coefficient (Wildman–Crippen LogP) is 9.66. The third kappa shape index (κ3) is 9.24. The van der Waals surface area contributed by atoms with E-state index >= 15 is 0 Å². The molecule has 8 nitrogen and oxygen atoms in total. The van der Waals surface area contributed by atoms with Gasteiger partial charge in [0.1, 0.15) is 25.4 Å². The van der Waals surface area contributed by atoms with Gasteiger partial charge in [-0.3, -0.25) is 9.59 Å². The van der Waals surface area contributed by atoms with Gasteiger partial charge in [-0.25, -0.2) is 0 Å². The molecule has 0 aromatic rings. The van der Waals surface area contributed by atoms with Crippen molar-refractivity contribution in [2.45, 2.75) is 170 Å². The Morgan fingerprint density at radius 3 is 1.46 bits per heavy atom. The van der Waals surface area contributed by atoms with Gasteiger partial charge in [0.05, 0.1) is 24.0 Å². The van der Waals surface area contributed by atoms with E-state index in [1.807, 2.05) is 0 Å². The molecule has 0 radical (unpaired) electrons. The Labute approximate surface area is 341 Å². The zero-order valence-electron chi connectivity index (χ0n) is 37.4. The van der Waals surface area contributed by atoms with Crippen LogP contribution in [-0.2, 0) is 28.5 Å². The van der Waals surface area contributed by atoms with E-state index in [1.54, 1.807) is 14.2 Å². The molecular weight excluding hydrogens is 705 g/mol. The molecule has 56 heavy (non-hydrogen) atoms. The second-order valence-corrected chi connectivity index (χ2v) is 21.5. The minimum atomic E-state index is -0.977. The fraction of sp³-hybridized carbons (Fsp3) is 0.958. The van der Waals surface area contributed by atoms with Gasteiger partial charge in [0.15, 0.2) is 0 Å². The molecule has 0 aliphatic heterocycles. The lowest BCUT2D eigenvalue weighted by atomic mass is 9.43. The Morgan fingerprint density at radius 1 is 0.625 bits per heavy atom. The Morgan fingerprint density at radius 2 is 1.07 bits per heavy atom. The van der Waals surface area contributed by atoms with Gasteiger partial charge in [0.25, 0.3) is 0 Å². The maximum Gasteiger partial charge on any atom is 0.312 e. The molecule has 14 atom stereocenters. The first-order valence-corrected chi connectivity index (χ1v) is 23.1. The normalized spacial score (nSPS) is 41.8. The van der Waals surface area contributed by atoms with Crippen molar-refractivity contribution in [1.29, 1.82) is 0 Å². The fourth-order valence-corrected chi connectivity index (χ4v) is 14.5. The van der Waals surface area contributed by atoms with Crippen LogP contribution in [0.3, 0.4) is 0 Å². The maximum absolute atomic E-state index is 13.3. The topological polar surface area (TPSA) is 112 Å². The number of carbonyl (C=O) groups excluding carboxylic acids is 2. The summed E-state index contributed by atoms with van der Waals surface area (Å²) in [5.41, 5.74) is -0.309. The van der Waals surface area contributed by atoms with Gasteiger partial charge < -0.3 is 29.2 Å². The van der Waals surface area contributed by atoms with Crippen molar-refractivity contribution < 1.29 is 38.7 Å². The van der Waals surface area contributed by atoms with Crippen LogP contribution in [-0.4, -0.2) is 75.0 Å². The summed E-state index contributed by atoms with van der Waals surface area (Å²) in [5, 5.41) is 18.6. The van der Waals surface area contributed by atoms with Gasteiger partial charge >= 0.3 is 11.9 Å². The quantitative estimate of drug-likeness (QED) is 0.188. The molecule has 324 valence electrons. The number of hydrogen-bond donors (Lipinski definition) is 2. The SMILES string of the molecule is CC(C)C1CCC2C(CCC3C(C)(C(=O)OCC(O)CO)CCCC23C)C1.COCC(COC(=O)C1(C)CCCC2(C)C3CCC(C(C)C)CC3CCC12)OC. The lowest BCUT2D eigenvalue weighted by molar-refractivity contribution is -0.182. The van der Waals surface area contributed by atoms with Crippen LogP contribution in [0.5, 0.6) is 0 Å². The third-order valence-electron chi connectivity index (χ3n) is 17.9. The smallest absolute Gasteiger partial charge is 0.312 e. The highest BCUT2D eigenvalue weighted by atomic mass is 16.6. The first-order chi connectivity index (χ1) is 26.5. The number of rotatable bonds is 12. The number of aliphatic hydroxyl groups excluding tert-OH is 2. The monoisotopic (exact) mass is 789 g/mol. The number of aliphatic hydroxyl groups is 2. The Balaban J connectivity index is 0.000000215. The van der Waals surface area contributed by atoms with E-state index in [1.165, 1.54) is 70.6 Å². The largest absolute Gasteiger partial charge is 0.462 e. The van der Waals surface area contributed by atoms with E-state index in [4.69, 9.17) is 24.1 Å². The standard InChI is InChI=1S/C25H44O4.C23H40O4/c1-17(2)18-8-10-21-19(14-18)9-11-22-24(21,3)12-7-13-25(22,4)23(26)29-16-20(28-6)15-27-5;1-15(2)16-6-8-19-17(12-16)7-9-20-22(19,3)10-5-11-23(20,4)21(26)27-14-18(25)13-24/h17-22H,7-16H2,1-6H3;15-20,24-25H,5-14H2,1-4H3. The van der Waals surface area contributed by atoms with Gasteiger partial charge in [-0.2, -0.15) is 0 Å². The van der Waals surface area contributed by atoms with Crippen LogP contribution in [0.2, 0.25) is 0 Å². The minimum Gasteiger partial charge on any atom is -0.462 e. The molecule has 0 bridgehead atoms. The molecule has 2 N–H and O–H groups in total. The highest BCUT2D eigenvalue weighted by molar-refractivity contribution is 5.77. The summed E-state index contributed by atoms with van der Waals surface area (Å²) in [5.74, 6) is 7.17. The molecule has 6 saturated carbocycles. The summed E-state index contributed by atoms with van der Waals surface area (Å²) >= 11 is 0. The molecule has 0 spiro atoms. The lowest BCUT2D eigenvalue weighted by Crippen LogP contribution is -2.56. The number of fused-ring (bicyclic) bond motifs is 6. The first kappa shape index (κ1) is 45.9. The van der Waals surface area contributed by atoms with Crippen LogP contribution in [0.4, 0.5) is 0 Å². The Hall–Kier alpha value is -1.22. The van der Waals surface area contributed by atoms with Crippen molar-refractivity contribution in [2.75, 3.05) is 40.6 Å². The van der Waals surface area contributed by atoms with E-state index in [9.17, 15) is 14.7 Å². The summed E-state index contributed by atoms with van der Waals surface area (Å²) in [7, 11) is 3.29. The number of hydrogen-bond acceptors (Lipinski definition) is 8. The van der Waals surface area contributed by atoms with Gasteiger partial charge in [-0.1, -0.05) is 54.4 Å². The predicted molar refractivity (Wildman–Crippen MR) is 222 cm³/mol. The average molecular weight is 789 g/mol. The van der Waals surface area contributed by atoms with Crippen LogP contribution >= 0.6 is 0 Å². The summed E-state index contributed by atoms with van der Waals surface area (Å²) in [6.07, 6.45) is 18.4. The third-order valence-corrected chi connectivity index (χ3v) is 17.9. The summed E-state index contributed by atoms with van der Waals surface area (Å²) < 4.78 is 21.8. The van der Waals surface area contributed by atoms with Crippen LogP contribution in [0.25, 0.3) is 0 Å². The van der Waals surface area contributed by atoms with Gasteiger partial charge in [-0.15, -0.1) is 0 Å². The van der Waals surface area contributed by atoms with Crippen LogP contribution < -0.4 is 0 Å². The van der Waals surface area contributed by atoms with Crippen molar-refractivity contribution in [3.8, 4) is 0 Å². The van der Waals surface area contributed by atoms with Gasteiger partial charge in [-0.05, 0) is 174 Å². The molecule has 6 fully saturated rings. The molecule has 0 aromatic heterocycles. The summed E-state index contributed by atoms with van der Waals surface area (Å²) in [4.78, 5) is 26.3. The molecule has 0 amide bonds. The van der Waals surface area contributed by atoms with Crippen molar-refractivity contribution >= 4 is 11.9 Å². The van der Waals surface area contributed by atoms with Crippen molar-refractivity contribution in [3.63, 3.8) is 0 Å². The van der Waals surface area contributed by atoms with E-state index in [2.05, 4.69) is 55.4 Å². The lowest BCUT2D eigenvalue weighted by Gasteiger charge is -2.61. The molecule has 6 rings (SSSR count). The zero-order chi connectivity index (χ0) is 41.1. The molecule has 0 saturated heterocycles. The summed E-state index contributed by atoms with van der Waals surface area (Å²) in [6, 6.07) is 0. The molecule has 0 aromatic carbocycles. The first-order valence-electron chi connectivity index (χ1n) is 23.1. The van der Waals surface area contributed by atoms with E-state index in [0.717, 1.165) is 79.4 Å². The fourth-order valence-electron chi connectivity index (χ4n) is 14.5. The van der Waals surface area contributed by atoms with Crippen LogP contribution in [0.1, 0.15) is 158 Å². The van der Waals surface area contributed by atoms with E-state index < -0.39 is 11.5 Å². The number of esters is 2. The van der Waals surface area contributed by atoms with Crippen LogP contribution in [0.15, 0.2) is 0 Å². The molecule has 14 unspecified atom stereocenters. The van der Waals surface area contributed by atoms with Gasteiger partial charge in [0.2, 0.25) is 0 Å². The van der Waals surface area contributed by atoms with Crippen molar-refractivity contribution in [1.82, 2.24) is 0 Å². The second-order valence-electron chi connectivity index (χ2n) is 21.5. The van der Waals surface area contributed by atoms with Crippen LogP contribution in [0, 0.1) is 80.8 Å². The highest BCUT2D eigenvalue weighted by Crippen LogP contribution is 2.66. The molecule has 8 heteroatoms. The molecule has 0 heterocycles. The Kier molecular flexibility index (Phi) is 15.6. The van der Waals surface area contributed by atoms with E-state index in [0.29, 0.717) is 18.4 Å². The molecular formula is C48H84O8.